The van der Waals surface area contributed by atoms with E-state index in [1.165, 1.54) is 6.07 Å². The number of nitrogens with one attached hydrogen (secondary N) is 5. The number of hydrogen-bond donors (Lipinski definition) is 5. The molecule has 220 valence electrons. The van der Waals surface area contributed by atoms with Gasteiger partial charge in [-0.15, -0.1) is 0 Å². The Morgan fingerprint density at radius 2 is 1.71 bits per heavy atom. The van der Waals surface area contributed by atoms with Gasteiger partial charge in [0.1, 0.15) is 11.5 Å². The second kappa shape index (κ2) is 14.7. The van der Waals surface area contributed by atoms with E-state index in [-0.39, 0.29) is 17.8 Å². The fourth-order valence-corrected chi connectivity index (χ4v) is 3.82. The van der Waals surface area contributed by atoms with Crippen molar-refractivity contribution in [2.24, 2.45) is 0 Å². The van der Waals surface area contributed by atoms with Crippen LogP contribution in [-0.4, -0.2) is 62.0 Å². The average molecular weight is 575 g/mol. The Morgan fingerprint density at radius 3 is 2.37 bits per heavy atom. The van der Waals surface area contributed by atoms with E-state index in [0.717, 1.165) is 17.3 Å². The van der Waals surface area contributed by atoms with Crippen LogP contribution in [0.15, 0.2) is 55.1 Å². The van der Waals surface area contributed by atoms with Crippen LogP contribution in [0.1, 0.15) is 28.0 Å². The molecule has 41 heavy (non-hydrogen) atoms. The Labute approximate surface area is 235 Å². The number of carbonyl (C=O) groups excluding carboxylic acids is 2. The van der Waals surface area contributed by atoms with Crippen molar-refractivity contribution in [3.05, 3.63) is 71.9 Å². The minimum atomic E-state index is -4.21. The molecule has 0 bridgehead atoms. The smallest absolute Gasteiger partial charge is 0.390 e. The molecular formula is C28H33F3N6O4. The summed E-state index contributed by atoms with van der Waals surface area (Å²) in [6.45, 7) is 3.87. The Hall–Kier alpha value is -4.52. The average Bonchev–Trinajstić information content (AvgIpc) is 3.39. The fraction of sp³-hybridized carbons (Fsp3) is 0.321. The molecule has 13 heteroatoms. The molecule has 0 aliphatic heterocycles. The van der Waals surface area contributed by atoms with Gasteiger partial charge in [-0.3, -0.25) is 14.7 Å². The van der Waals surface area contributed by atoms with E-state index in [1.54, 1.807) is 38.5 Å². The molecule has 10 nitrogen and oxygen atoms in total. The molecule has 0 spiro atoms. The van der Waals surface area contributed by atoms with Crippen molar-refractivity contribution in [3.8, 4) is 11.5 Å². The molecule has 5 N–H and O–H groups in total. The van der Waals surface area contributed by atoms with Gasteiger partial charge in [0.05, 0.1) is 31.9 Å². The Bertz CT molecular complexity index is 1320. The van der Waals surface area contributed by atoms with Crippen LogP contribution in [0.25, 0.3) is 0 Å². The zero-order valence-electron chi connectivity index (χ0n) is 22.8. The van der Waals surface area contributed by atoms with Crippen molar-refractivity contribution in [1.82, 2.24) is 15.5 Å². The number of methoxy groups -OCH3 is 2. The van der Waals surface area contributed by atoms with Gasteiger partial charge in [0.15, 0.2) is 5.82 Å². The summed E-state index contributed by atoms with van der Waals surface area (Å²) in [5.41, 5.74) is 2.78. The van der Waals surface area contributed by atoms with Crippen LogP contribution in [0.5, 0.6) is 11.5 Å². The largest absolute Gasteiger partial charge is 0.497 e. The molecule has 0 fully saturated rings. The number of amides is 2. The monoisotopic (exact) mass is 574 g/mol. The third-order valence-electron chi connectivity index (χ3n) is 5.89. The molecule has 3 rings (SSSR count). The summed E-state index contributed by atoms with van der Waals surface area (Å²) < 4.78 is 47.4. The van der Waals surface area contributed by atoms with E-state index >= 15 is 0 Å². The van der Waals surface area contributed by atoms with Crippen molar-refractivity contribution in [2.45, 2.75) is 25.4 Å². The van der Waals surface area contributed by atoms with Gasteiger partial charge in [0, 0.05) is 43.1 Å². The van der Waals surface area contributed by atoms with E-state index in [9.17, 15) is 22.8 Å². The van der Waals surface area contributed by atoms with Gasteiger partial charge in [-0.05, 0) is 54.8 Å². The number of aromatic nitrogens is 2. The summed E-state index contributed by atoms with van der Waals surface area (Å²) in [5, 5.41) is 18.2. The highest BCUT2D eigenvalue weighted by Gasteiger charge is 2.25. The van der Waals surface area contributed by atoms with Gasteiger partial charge in [-0.25, -0.2) is 0 Å². The molecule has 0 aliphatic carbocycles. The molecule has 3 aromatic rings. The van der Waals surface area contributed by atoms with Crippen LogP contribution < -0.4 is 30.7 Å². The summed E-state index contributed by atoms with van der Waals surface area (Å²) in [4.78, 5) is 25.1. The molecule has 1 aromatic heterocycles. The normalized spacial score (nSPS) is 11.0. The highest BCUT2D eigenvalue weighted by Crippen LogP contribution is 2.25. The second-order valence-corrected chi connectivity index (χ2v) is 8.95. The van der Waals surface area contributed by atoms with Gasteiger partial charge < -0.3 is 30.7 Å². The molecule has 0 saturated heterocycles. The number of carbonyl (C=O) groups is 2. The van der Waals surface area contributed by atoms with Crippen LogP contribution in [-0.2, 0) is 17.6 Å². The first kappa shape index (κ1) is 31.0. The standard InChI is InChI=1S/C28H33F3N6O4/c1-4-26(38)34-24-15-19(33-12-11-32-10-9-28(29,30)31)7-8-23(24)27(39)35-25-16-20(36-37-25)6-5-18-13-21(40-2)17-22(14-18)41-3/h4,7-8,13-17,32-33H,1,5-6,9-12H2,2-3H3,(H,34,38)(H2,35,36,37,39). The van der Waals surface area contributed by atoms with Crippen LogP contribution in [0.3, 0.4) is 0 Å². The fourth-order valence-electron chi connectivity index (χ4n) is 3.82. The number of aryl methyl sites for hydroxylation is 2. The van der Waals surface area contributed by atoms with Crippen molar-refractivity contribution in [2.75, 3.05) is 49.8 Å². The quantitative estimate of drug-likeness (QED) is 0.133. The summed E-state index contributed by atoms with van der Waals surface area (Å²) in [5.74, 6) is 0.674. The molecule has 0 unspecified atom stereocenters. The first-order valence-electron chi connectivity index (χ1n) is 12.8. The van der Waals surface area contributed by atoms with Gasteiger partial charge in [0.2, 0.25) is 5.91 Å². The molecule has 0 saturated carbocycles. The Balaban J connectivity index is 1.61. The van der Waals surface area contributed by atoms with Gasteiger partial charge >= 0.3 is 6.18 Å². The number of alkyl halides is 3. The number of H-pyrrole nitrogens is 1. The van der Waals surface area contributed by atoms with Crippen LogP contribution in [0.2, 0.25) is 0 Å². The number of nitrogens with zero attached hydrogens (tertiary/aromatic N) is 1. The first-order valence-corrected chi connectivity index (χ1v) is 12.8. The number of hydrogen-bond acceptors (Lipinski definition) is 7. The van der Waals surface area contributed by atoms with E-state index in [2.05, 4.69) is 38.0 Å². The molecule has 2 amide bonds. The van der Waals surface area contributed by atoms with Gasteiger partial charge in [-0.1, -0.05) is 6.58 Å². The maximum absolute atomic E-state index is 13.1. The zero-order valence-corrected chi connectivity index (χ0v) is 22.8. The molecular weight excluding hydrogens is 541 g/mol. The minimum absolute atomic E-state index is 0.182. The minimum Gasteiger partial charge on any atom is -0.497 e. The van der Waals surface area contributed by atoms with Crippen LogP contribution >= 0.6 is 0 Å². The molecule has 1 heterocycles. The van der Waals surface area contributed by atoms with Crippen LogP contribution in [0, 0.1) is 0 Å². The van der Waals surface area contributed by atoms with Gasteiger partial charge in [0.25, 0.3) is 5.91 Å². The number of benzene rings is 2. The van der Waals surface area contributed by atoms with E-state index in [4.69, 9.17) is 9.47 Å². The maximum Gasteiger partial charge on any atom is 0.390 e. The van der Waals surface area contributed by atoms with Crippen LogP contribution in [0.4, 0.5) is 30.4 Å². The number of rotatable bonds is 15. The zero-order chi connectivity index (χ0) is 29.8. The molecule has 0 atom stereocenters. The van der Waals surface area contributed by atoms with Crippen molar-refractivity contribution >= 4 is 29.0 Å². The lowest BCUT2D eigenvalue weighted by molar-refractivity contribution is -0.133. The topological polar surface area (TPSA) is 129 Å². The van der Waals surface area contributed by atoms with Crippen molar-refractivity contribution in [3.63, 3.8) is 0 Å². The summed E-state index contributed by atoms with van der Waals surface area (Å²) in [7, 11) is 3.18. The molecule has 2 aromatic carbocycles. The molecule has 0 radical (unpaired) electrons. The maximum atomic E-state index is 13.1. The van der Waals surface area contributed by atoms with Crippen molar-refractivity contribution < 1.29 is 32.2 Å². The number of ether oxygens (including phenoxy) is 2. The third kappa shape index (κ3) is 10.2. The highest BCUT2D eigenvalue weighted by atomic mass is 19.4. The summed E-state index contributed by atoms with van der Waals surface area (Å²) >= 11 is 0. The van der Waals surface area contributed by atoms with Gasteiger partial charge in [-0.2, -0.15) is 18.3 Å². The lowest BCUT2D eigenvalue weighted by Gasteiger charge is -2.14. The summed E-state index contributed by atoms with van der Waals surface area (Å²) in [6, 6.07) is 12.1. The number of anilines is 3. The van der Waals surface area contributed by atoms with E-state index in [1.807, 2.05) is 12.1 Å². The third-order valence-corrected chi connectivity index (χ3v) is 5.89. The lowest BCUT2D eigenvalue weighted by atomic mass is 10.1. The Morgan fingerprint density at radius 1 is 0.976 bits per heavy atom. The lowest BCUT2D eigenvalue weighted by Crippen LogP contribution is -2.26. The van der Waals surface area contributed by atoms with Crippen molar-refractivity contribution in [1.29, 1.82) is 0 Å². The number of halogens is 3. The van der Waals surface area contributed by atoms with E-state index < -0.39 is 24.4 Å². The first-order chi connectivity index (χ1) is 19.6. The molecule has 0 aliphatic rings. The Kier molecular flexibility index (Phi) is 11.2. The predicted molar refractivity (Wildman–Crippen MR) is 151 cm³/mol. The highest BCUT2D eigenvalue weighted by molar-refractivity contribution is 6.11. The predicted octanol–water partition coefficient (Wildman–Crippen LogP) is 4.54. The SMILES string of the molecule is C=CC(=O)Nc1cc(NCCNCCC(F)(F)F)ccc1C(=O)Nc1cc(CCc2cc(OC)cc(OC)c2)[nH]n1. The second-order valence-electron chi connectivity index (χ2n) is 8.95. The number of aromatic amines is 1. The summed E-state index contributed by atoms with van der Waals surface area (Å²) in [6.07, 6.45) is -2.76. The van der Waals surface area contributed by atoms with E-state index in [0.29, 0.717) is 48.9 Å².